The third-order valence-electron chi connectivity index (χ3n) is 4.27. The fourth-order valence-corrected chi connectivity index (χ4v) is 2.99. The molecule has 1 saturated heterocycles. The van der Waals surface area contributed by atoms with Gasteiger partial charge in [0.15, 0.2) is 0 Å². The van der Waals surface area contributed by atoms with Gasteiger partial charge in [-0.15, -0.1) is 0 Å². The summed E-state index contributed by atoms with van der Waals surface area (Å²) in [5.41, 5.74) is 1.17. The maximum absolute atomic E-state index is 4.85. The average Bonchev–Trinajstić information content (AvgIpc) is 2.43. The quantitative estimate of drug-likeness (QED) is 0.915. The highest BCUT2D eigenvalue weighted by Crippen LogP contribution is 2.31. The predicted octanol–water partition coefficient (Wildman–Crippen LogP) is 3.40. The molecule has 1 N–H and O–H groups in total. The Hall–Kier alpha value is -1.32. The number of rotatable bonds is 4. The maximum Gasteiger partial charge on any atom is 0.137 e. The fraction of sp³-hybridized carbons (Fsp3) is 0.750. The summed E-state index contributed by atoms with van der Waals surface area (Å²) < 4.78 is 0. The first-order valence-electron chi connectivity index (χ1n) is 7.88. The molecule has 2 unspecified atom stereocenters. The Bertz CT molecular complexity index is 458. The van der Waals surface area contributed by atoms with Crippen LogP contribution in [0.5, 0.6) is 0 Å². The highest BCUT2D eigenvalue weighted by molar-refractivity contribution is 5.59. The van der Waals surface area contributed by atoms with Crippen molar-refractivity contribution in [2.75, 3.05) is 23.8 Å². The van der Waals surface area contributed by atoms with Crippen molar-refractivity contribution in [3.8, 4) is 0 Å². The van der Waals surface area contributed by atoms with Crippen LogP contribution in [0.15, 0.2) is 0 Å². The lowest BCUT2D eigenvalue weighted by atomic mass is 9.95. The van der Waals surface area contributed by atoms with E-state index in [1.165, 1.54) is 18.4 Å². The van der Waals surface area contributed by atoms with E-state index in [1.807, 2.05) is 7.05 Å². The molecule has 1 aromatic heterocycles. The number of nitrogens with one attached hydrogen (secondary N) is 1. The SMILES string of the molecule is CCCc1nc(NC)c(C)c(N2CC(C)CCC2C)n1. The summed E-state index contributed by atoms with van der Waals surface area (Å²) in [6.07, 6.45) is 4.60. The van der Waals surface area contributed by atoms with Crippen molar-refractivity contribution in [2.24, 2.45) is 5.92 Å². The molecule has 1 fully saturated rings. The lowest BCUT2D eigenvalue weighted by Gasteiger charge is -2.38. The first-order chi connectivity index (χ1) is 9.56. The van der Waals surface area contributed by atoms with E-state index in [1.54, 1.807) is 0 Å². The molecule has 0 bridgehead atoms. The minimum absolute atomic E-state index is 0.569. The number of nitrogens with zero attached hydrogens (tertiary/aromatic N) is 3. The van der Waals surface area contributed by atoms with Gasteiger partial charge in [-0.25, -0.2) is 9.97 Å². The summed E-state index contributed by atoms with van der Waals surface area (Å²) in [5.74, 6) is 3.81. The van der Waals surface area contributed by atoms with E-state index in [0.717, 1.165) is 42.8 Å². The molecule has 0 amide bonds. The number of aryl methyl sites for hydroxylation is 1. The van der Waals surface area contributed by atoms with Crippen molar-refractivity contribution in [3.05, 3.63) is 11.4 Å². The minimum Gasteiger partial charge on any atom is -0.373 e. The van der Waals surface area contributed by atoms with Crippen LogP contribution in [-0.4, -0.2) is 29.6 Å². The van der Waals surface area contributed by atoms with E-state index in [4.69, 9.17) is 4.98 Å². The van der Waals surface area contributed by atoms with E-state index in [-0.39, 0.29) is 0 Å². The van der Waals surface area contributed by atoms with Crippen LogP contribution in [0, 0.1) is 12.8 Å². The summed E-state index contributed by atoms with van der Waals surface area (Å²) in [6.45, 7) is 10.1. The van der Waals surface area contributed by atoms with Crippen molar-refractivity contribution in [1.29, 1.82) is 0 Å². The molecule has 0 radical (unpaired) electrons. The van der Waals surface area contributed by atoms with Crippen LogP contribution < -0.4 is 10.2 Å². The van der Waals surface area contributed by atoms with Gasteiger partial charge in [0.05, 0.1) is 0 Å². The Balaban J connectivity index is 2.40. The Labute approximate surface area is 123 Å². The maximum atomic E-state index is 4.85. The molecular weight excluding hydrogens is 248 g/mol. The monoisotopic (exact) mass is 276 g/mol. The van der Waals surface area contributed by atoms with Gasteiger partial charge in [-0.2, -0.15) is 0 Å². The summed E-state index contributed by atoms with van der Waals surface area (Å²) in [4.78, 5) is 12.0. The summed E-state index contributed by atoms with van der Waals surface area (Å²) >= 11 is 0. The number of hydrogen-bond donors (Lipinski definition) is 1. The molecule has 1 aromatic rings. The summed E-state index contributed by atoms with van der Waals surface area (Å²) in [7, 11) is 1.94. The van der Waals surface area contributed by atoms with Crippen LogP contribution in [0.1, 0.15) is 51.4 Å². The first kappa shape index (κ1) is 15.1. The van der Waals surface area contributed by atoms with E-state index in [0.29, 0.717) is 6.04 Å². The fourth-order valence-electron chi connectivity index (χ4n) is 2.99. The van der Waals surface area contributed by atoms with Crippen molar-refractivity contribution in [3.63, 3.8) is 0 Å². The molecule has 4 nitrogen and oxygen atoms in total. The smallest absolute Gasteiger partial charge is 0.137 e. The van der Waals surface area contributed by atoms with Gasteiger partial charge in [-0.1, -0.05) is 13.8 Å². The van der Waals surface area contributed by atoms with Gasteiger partial charge in [-0.05, 0) is 39.0 Å². The third-order valence-corrected chi connectivity index (χ3v) is 4.27. The normalized spacial score (nSPS) is 22.9. The zero-order valence-corrected chi connectivity index (χ0v) is 13.5. The van der Waals surface area contributed by atoms with Crippen LogP contribution in [0.25, 0.3) is 0 Å². The molecular formula is C16H28N4. The molecule has 2 heterocycles. The Morgan fingerprint density at radius 1 is 1.25 bits per heavy atom. The van der Waals surface area contributed by atoms with Crippen LogP contribution in [0.3, 0.4) is 0 Å². The molecule has 0 aromatic carbocycles. The molecule has 0 aliphatic carbocycles. The predicted molar refractivity (Wildman–Crippen MR) is 85.5 cm³/mol. The number of hydrogen-bond acceptors (Lipinski definition) is 4. The van der Waals surface area contributed by atoms with Gasteiger partial charge in [-0.3, -0.25) is 0 Å². The molecule has 2 atom stereocenters. The zero-order chi connectivity index (χ0) is 14.7. The van der Waals surface area contributed by atoms with Gasteiger partial charge in [0.25, 0.3) is 0 Å². The number of aromatic nitrogens is 2. The van der Waals surface area contributed by atoms with Crippen LogP contribution in [0.2, 0.25) is 0 Å². The molecule has 4 heteroatoms. The van der Waals surface area contributed by atoms with Gasteiger partial charge in [0.1, 0.15) is 17.5 Å². The van der Waals surface area contributed by atoms with Crippen LogP contribution in [-0.2, 0) is 6.42 Å². The van der Waals surface area contributed by atoms with Gasteiger partial charge in [0, 0.05) is 31.6 Å². The Kier molecular flexibility index (Phi) is 4.84. The molecule has 0 spiro atoms. The van der Waals surface area contributed by atoms with E-state index < -0.39 is 0 Å². The second kappa shape index (κ2) is 6.42. The van der Waals surface area contributed by atoms with Crippen molar-refractivity contribution < 1.29 is 0 Å². The minimum atomic E-state index is 0.569. The number of anilines is 2. The molecule has 112 valence electrons. The molecule has 0 saturated carbocycles. The van der Waals surface area contributed by atoms with Crippen LogP contribution in [0.4, 0.5) is 11.6 Å². The van der Waals surface area contributed by atoms with E-state index >= 15 is 0 Å². The highest BCUT2D eigenvalue weighted by atomic mass is 15.2. The van der Waals surface area contributed by atoms with Crippen molar-refractivity contribution >= 4 is 11.6 Å². The van der Waals surface area contributed by atoms with E-state index in [9.17, 15) is 0 Å². The van der Waals surface area contributed by atoms with Gasteiger partial charge in [0.2, 0.25) is 0 Å². The molecule has 2 rings (SSSR count). The van der Waals surface area contributed by atoms with E-state index in [2.05, 4.69) is 42.9 Å². The van der Waals surface area contributed by atoms with Gasteiger partial charge >= 0.3 is 0 Å². The zero-order valence-electron chi connectivity index (χ0n) is 13.5. The topological polar surface area (TPSA) is 41.1 Å². The van der Waals surface area contributed by atoms with Crippen molar-refractivity contribution in [2.45, 2.75) is 59.4 Å². The third kappa shape index (κ3) is 3.05. The second-order valence-electron chi connectivity index (χ2n) is 6.12. The van der Waals surface area contributed by atoms with Crippen LogP contribution >= 0.6 is 0 Å². The molecule has 1 aliphatic heterocycles. The van der Waals surface area contributed by atoms with Crippen molar-refractivity contribution in [1.82, 2.24) is 9.97 Å². The Morgan fingerprint density at radius 2 is 2.00 bits per heavy atom. The molecule has 20 heavy (non-hydrogen) atoms. The van der Waals surface area contributed by atoms with Gasteiger partial charge < -0.3 is 10.2 Å². The standard InChI is InChI=1S/C16H28N4/c1-6-7-14-18-15(17-5)13(4)16(19-14)20-10-11(2)8-9-12(20)3/h11-12H,6-10H2,1-5H3,(H,17,18,19). The number of piperidine rings is 1. The summed E-state index contributed by atoms with van der Waals surface area (Å²) in [5, 5.41) is 3.22. The largest absolute Gasteiger partial charge is 0.373 e. The molecule has 1 aliphatic rings. The highest BCUT2D eigenvalue weighted by Gasteiger charge is 2.26. The first-order valence-corrected chi connectivity index (χ1v) is 7.88. The Morgan fingerprint density at radius 3 is 2.65 bits per heavy atom. The second-order valence-corrected chi connectivity index (χ2v) is 6.12. The lowest BCUT2D eigenvalue weighted by molar-refractivity contribution is 0.387. The summed E-state index contributed by atoms with van der Waals surface area (Å²) in [6, 6.07) is 0.569. The average molecular weight is 276 g/mol. The lowest BCUT2D eigenvalue weighted by Crippen LogP contribution is -2.42.